The minimum Gasteiger partial charge on any atom is -0.478 e. The zero-order valence-corrected chi connectivity index (χ0v) is 9.92. The van der Waals surface area contributed by atoms with Crippen molar-refractivity contribution in [3.8, 4) is 0 Å². The maximum atomic E-state index is 10.6. The van der Waals surface area contributed by atoms with Crippen LogP contribution in [0.5, 0.6) is 0 Å². The first-order chi connectivity index (χ1) is 8.49. The molecule has 0 unspecified atom stereocenters. The van der Waals surface area contributed by atoms with Crippen molar-refractivity contribution in [2.24, 2.45) is 0 Å². The Morgan fingerprint density at radius 3 is 2.89 bits per heavy atom. The van der Waals surface area contributed by atoms with Gasteiger partial charge in [-0.05, 0) is 12.5 Å². The molecule has 6 nitrogen and oxygen atoms in total. The highest BCUT2D eigenvalue weighted by molar-refractivity contribution is 5.80. The van der Waals surface area contributed by atoms with E-state index in [-0.39, 0.29) is 5.69 Å². The lowest BCUT2D eigenvalue weighted by Gasteiger charge is -2.04. The normalized spacial score (nSPS) is 11.3. The summed E-state index contributed by atoms with van der Waals surface area (Å²) in [5, 5.41) is 22.1. The number of benzene rings is 1. The van der Waals surface area contributed by atoms with E-state index >= 15 is 0 Å². The van der Waals surface area contributed by atoms with Crippen LogP contribution in [-0.2, 0) is 11.3 Å². The Morgan fingerprint density at radius 2 is 2.28 bits per heavy atom. The maximum absolute atomic E-state index is 10.6. The zero-order valence-electron chi connectivity index (χ0n) is 9.92. The number of aliphatic carboxylic acids is 1. The molecule has 0 aromatic heterocycles. The van der Waals surface area contributed by atoms with Gasteiger partial charge in [-0.25, -0.2) is 4.79 Å². The molecule has 1 aromatic rings. The van der Waals surface area contributed by atoms with Gasteiger partial charge in [-0.2, -0.15) is 0 Å². The molecule has 0 amide bonds. The molecule has 2 N–H and O–H groups in total. The van der Waals surface area contributed by atoms with Gasteiger partial charge >= 0.3 is 5.97 Å². The molecule has 0 fully saturated rings. The number of carboxylic acids is 1. The van der Waals surface area contributed by atoms with E-state index in [2.05, 4.69) is 5.32 Å². The molecule has 0 radical (unpaired) electrons. The van der Waals surface area contributed by atoms with E-state index < -0.39 is 10.9 Å². The second kappa shape index (κ2) is 6.51. The van der Waals surface area contributed by atoms with Gasteiger partial charge in [0.2, 0.25) is 0 Å². The number of nitro groups is 1. The highest BCUT2D eigenvalue weighted by Crippen LogP contribution is 2.12. The van der Waals surface area contributed by atoms with Gasteiger partial charge < -0.3 is 10.4 Å². The maximum Gasteiger partial charge on any atom is 0.328 e. The van der Waals surface area contributed by atoms with Crippen LogP contribution >= 0.6 is 0 Å². The van der Waals surface area contributed by atoms with E-state index in [1.54, 1.807) is 19.1 Å². The van der Waals surface area contributed by atoms with Gasteiger partial charge in [0.05, 0.1) is 4.92 Å². The number of rotatable bonds is 6. The van der Waals surface area contributed by atoms with Crippen LogP contribution in [-0.4, -0.2) is 22.5 Å². The summed E-state index contributed by atoms with van der Waals surface area (Å²) in [4.78, 5) is 20.5. The molecule has 0 atom stereocenters. The zero-order chi connectivity index (χ0) is 13.5. The van der Waals surface area contributed by atoms with Gasteiger partial charge in [0.1, 0.15) is 0 Å². The number of nitro benzene ring substituents is 1. The van der Waals surface area contributed by atoms with Crippen LogP contribution in [0.1, 0.15) is 12.5 Å². The second-order valence-electron chi connectivity index (χ2n) is 3.86. The first-order valence-electron chi connectivity index (χ1n) is 5.33. The molecule has 0 heterocycles. The predicted octanol–water partition coefficient (Wildman–Crippen LogP) is 1.72. The van der Waals surface area contributed by atoms with Gasteiger partial charge in [-0.15, -0.1) is 0 Å². The van der Waals surface area contributed by atoms with E-state index in [9.17, 15) is 14.9 Å². The lowest BCUT2D eigenvalue weighted by molar-refractivity contribution is -0.384. The number of carboxylic acid groups (broad SMARTS) is 1. The summed E-state index contributed by atoms with van der Waals surface area (Å²) in [6.45, 7) is 2.58. The molecule has 0 spiro atoms. The van der Waals surface area contributed by atoms with Crippen molar-refractivity contribution in [1.82, 2.24) is 5.32 Å². The molecule has 18 heavy (non-hydrogen) atoms. The number of non-ortho nitro benzene ring substituents is 1. The summed E-state index contributed by atoms with van der Waals surface area (Å²) in [5.74, 6) is -0.982. The van der Waals surface area contributed by atoms with Gasteiger partial charge in [0.15, 0.2) is 0 Å². The Morgan fingerprint density at radius 1 is 1.56 bits per heavy atom. The first-order valence-corrected chi connectivity index (χ1v) is 5.33. The molecule has 0 aliphatic heterocycles. The minimum absolute atomic E-state index is 0.0482. The minimum atomic E-state index is -0.982. The van der Waals surface area contributed by atoms with E-state index in [4.69, 9.17) is 5.11 Å². The molecule has 96 valence electrons. The standard InChI is InChI=1S/C12H14N2O4/c1-9(5-12(15)16)7-13-8-10-3-2-4-11(6-10)14(17)18/h2-6,13H,7-8H2,1H3,(H,15,16)/b9-5-. The Hall–Kier alpha value is -2.21. The van der Waals surface area contributed by atoms with Crippen LogP contribution in [0, 0.1) is 10.1 Å². The molecule has 6 heteroatoms. The van der Waals surface area contributed by atoms with Crippen molar-refractivity contribution in [2.75, 3.05) is 6.54 Å². The van der Waals surface area contributed by atoms with Gasteiger partial charge in [-0.3, -0.25) is 10.1 Å². The Labute approximate surface area is 104 Å². The molecule has 0 aliphatic carbocycles. The van der Waals surface area contributed by atoms with Crippen LogP contribution in [0.15, 0.2) is 35.9 Å². The number of nitrogens with one attached hydrogen (secondary N) is 1. The lowest BCUT2D eigenvalue weighted by Crippen LogP contribution is -2.16. The average Bonchev–Trinajstić information content (AvgIpc) is 2.28. The number of hydrogen-bond acceptors (Lipinski definition) is 4. The fourth-order valence-corrected chi connectivity index (χ4v) is 1.45. The Balaban J connectivity index is 2.51. The second-order valence-corrected chi connectivity index (χ2v) is 3.86. The molecule has 1 aromatic carbocycles. The number of hydrogen-bond donors (Lipinski definition) is 2. The molecule has 0 saturated carbocycles. The van der Waals surface area contributed by atoms with E-state index in [0.29, 0.717) is 18.7 Å². The summed E-state index contributed by atoms with van der Waals surface area (Å²) in [6.07, 6.45) is 1.13. The smallest absolute Gasteiger partial charge is 0.328 e. The quantitative estimate of drug-likeness (QED) is 0.455. The van der Waals surface area contributed by atoms with E-state index in [1.165, 1.54) is 12.1 Å². The molecule has 0 saturated heterocycles. The van der Waals surface area contributed by atoms with Gasteiger partial charge in [0.25, 0.3) is 5.69 Å². The predicted molar refractivity (Wildman–Crippen MR) is 66.2 cm³/mol. The molecular formula is C12H14N2O4. The molecule has 0 aliphatic rings. The van der Waals surface area contributed by atoms with Crippen molar-refractivity contribution in [3.05, 3.63) is 51.6 Å². The lowest BCUT2D eigenvalue weighted by atomic mass is 10.2. The van der Waals surface area contributed by atoms with Crippen LogP contribution in [0.3, 0.4) is 0 Å². The SMILES string of the molecule is C/C(=C/C(=O)O)CNCc1cccc([N+](=O)[O-])c1. The fraction of sp³-hybridized carbons (Fsp3) is 0.250. The average molecular weight is 250 g/mol. The summed E-state index contributed by atoms with van der Waals surface area (Å²) in [5.41, 5.74) is 1.52. The Bertz CT molecular complexity index is 483. The largest absolute Gasteiger partial charge is 0.478 e. The highest BCUT2D eigenvalue weighted by Gasteiger charge is 2.05. The van der Waals surface area contributed by atoms with Gasteiger partial charge in [0, 0.05) is 31.3 Å². The molecular weight excluding hydrogens is 236 g/mol. The summed E-state index contributed by atoms with van der Waals surface area (Å²) >= 11 is 0. The molecule has 1 rings (SSSR count). The number of carbonyl (C=O) groups is 1. The summed E-state index contributed by atoms with van der Waals surface area (Å²) < 4.78 is 0. The van der Waals surface area contributed by atoms with Crippen LogP contribution in [0.25, 0.3) is 0 Å². The third-order valence-corrected chi connectivity index (χ3v) is 2.22. The van der Waals surface area contributed by atoms with Crippen molar-refractivity contribution in [1.29, 1.82) is 0 Å². The molecule has 0 bridgehead atoms. The third-order valence-electron chi connectivity index (χ3n) is 2.22. The fourth-order valence-electron chi connectivity index (χ4n) is 1.45. The Kier molecular flexibility index (Phi) is 5.01. The topological polar surface area (TPSA) is 92.5 Å². The van der Waals surface area contributed by atoms with Crippen LogP contribution in [0.2, 0.25) is 0 Å². The summed E-state index contributed by atoms with van der Waals surface area (Å²) in [7, 11) is 0. The van der Waals surface area contributed by atoms with Crippen LogP contribution < -0.4 is 5.32 Å². The van der Waals surface area contributed by atoms with Crippen molar-refractivity contribution in [2.45, 2.75) is 13.5 Å². The van der Waals surface area contributed by atoms with E-state index in [0.717, 1.165) is 11.6 Å². The van der Waals surface area contributed by atoms with Crippen molar-refractivity contribution >= 4 is 11.7 Å². The monoisotopic (exact) mass is 250 g/mol. The first kappa shape index (κ1) is 13.9. The number of nitrogens with zero attached hydrogens (tertiary/aromatic N) is 1. The third kappa shape index (κ3) is 4.75. The van der Waals surface area contributed by atoms with Crippen LogP contribution in [0.4, 0.5) is 5.69 Å². The highest BCUT2D eigenvalue weighted by atomic mass is 16.6. The van der Waals surface area contributed by atoms with Gasteiger partial charge in [-0.1, -0.05) is 17.7 Å². The van der Waals surface area contributed by atoms with Crippen molar-refractivity contribution < 1.29 is 14.8 Å². The van der Waals surface area contributed by atoms with Crippen molar-refractivity contribution in [3.63, 3.8) is 0 Å². The summed E-state index contributed by atoms with van der Waals surface area (Å²) in [6, 6.07) is 6.31. The van der Waals surface area contributed by atoms with E-state index in [1.807, 2.05) is 0 Å².